The molecule has 0 aliphatic rings. The van der Waals surface area contributed by atoms with E-state index in [0.717, 1.165) is 40.3 Å². The number of aromatic nitrogens is 6. The molecule has 0 bridgehead atoms. The number of sulfone groups is 2. The molecule has 0 aromatic carbocycles. The van der Waals surface area contributed by atoms with E-state index in [2.05, 4.69) is 20.2 Å². The van der Waals surface area contributed by atoms with Crippen LogP contribution < -0.4 is 9.47 Å². The molecule has 0 fully saturated rings. The van der Waals surface area contributed by atoms with Gasteiger partial charge in [-0.15, -0.1) is 0 Å². The molecule has 47 heavy (non-hydrogen) atoms. The Hall–Kier alpha value is -3.91. The molecule has 4 rings (SSSR count). The lowest BCUT2D eigenvalue weighted by molar-refractivity contribution is -0.142. The topological polar surface area (TPSA) is 148 Å². The van der Waals surface area contributed by atoms with Crippen molar-refractivity contribution in [3.05, 3.63) is 59.1 Å². The van der Waals surface area contributed by atoms with Gasteiger partial charge in [-0.25, -0.2) is 26.8 Å². The van der Waals surface area contributed by atoms with Crippen molar-refractivity contribution in [2.45, 2.75) is 62.0 Å². The molecule has 0 atom stereocenters. The molecule has 4 heterocycles. The Kier molecular flexibility index (Phi) is 10.9. The van der Waals surface area contributed by atoms with Crippen LogP contribution in [0.2, 0.25) is 5.02 Å². The van der Waals surface area contributed by atoms with Crippen LogP contribution in [0, 0.1) is 0 Å². The fourth-order valence-corrected chi connectivity index (χ4v) is 4.86. The molecule has 4 aromatic heterocycles. The normalized spacial score (nSPS) is 12.7. The highest BCUT2D eigenvalue weighted by molar-refractivity contribution is 7.91. The summed E-state index contributed by atoms with van der Waals surface area (Å²) in [6.07, 6.45) is -6.17. The minimum atomic E-state index is -4.77. The first-order valence-corrected chi connectivity index (χ1v) is 17.2. The zero-order valence-electron chi connectivity index (χ0n) is 25.3. The quantitative estimate of drug-likeness (QED) is 0.210. The molecule has 0 N–H and O–H groups in total. The first-order valence-electron chi connectivity index (χ1n) is 13.1. The van der Waals surface area contributed by atoms with Gasteiger partial charge in [-0.3, -0.25) is 0 Å². The van der Waals surface area contributed by atoms with Crippen molar-refractivity contribution in [3.63, 3.8) is 0 Å². The minimum absolute atomic E-state index is 0.0172. The lowest BCUT2D eigenvalue weighted by atomic mass is 10.4. The van der Waals surface area contributed by atoms with Gasteiger partial charge >= 0.3 is 12.4 Å². The van der Waals surface area contributed by atoms with E-state index in [1.54, 1.807) is 27.7 Å². The van der Waals surface area contributed by atoms with Crippen LogP contribution in [0.1, 0.15) is 39.1 Å². The summed E-state index contributed by atoms with van der Waals surface area (Å²) in [5.74, 6) is -0.496. The monoisotopic (exact) mass is 732 g/mol. The molecule has 0 radical (unpaired) electrons. The van der Waals surface area contributed by atoms with Crippen molar-refractivity contribution >= 4 is 31.3 Å². The van der Waals surface area contributed by atoms with Crippen LogP contribution in [0.25, 0.3) is 11.6 Å². The molecule has 258 valence electrons. The second-order valence-corrected chi connectivity index (χ2v) is 14.6. The van der Waals surface area contributed by atoms with Crippen molar-refractivity contribution in [2.75, 3.05) is 12.5 Å². The zero-order valence-corrected chi connectivity index (χ0v) is 27.7. The Morgan fingerprint density at radius 1 is 0.723 bits per heavy atom. The zero-order chi connectivity index (χ0) is 35.7. The fourth-order valence-electron chi connectivity index (χ4n) is 3.47. The SMILES string of the molecule is CC(C)Oc1c(Cl)c(C(F)(F)F)nn1-c1ccc(S(C)(=O)=O)cn1.CC(C)Oc1cc(C(F)(F)F)nn1-c1ccc(S(C)(=O)=O)cn1. The Morgan fingerprint density at radius 3 is 1.55 bits per heavy atom. The first kappa shape index (κ1) is 37.5. The van der Waals surface area contributed by atoms with Crippen LogP contribution in [0.3, 0.4) is 0 Å². The number of halogens is 7. The molecule has 0 saturated heterocycles. The van der Waals surface area contributed by atoms with E-state index in [4.69, 9.17) is 21.1 Å². The number of hydrogen-bond acceptors (Lipinski definition) is 10. The summed E-state index contributed by atoms with van der Waals surface area (Å²) in [5.41, 5.74) is -2.43. The fraction of sp³-hybridized carbons (Fsp3) is 0.385. The molecule has 0 aliphatic carbocycles. The highest BCUT2D eigenvalue weighted by Gasteiger charge is 2.40. The van der Waals surface area contributed by atoms with E-state index in [9.17, 15) is 43.2 Å². The van der Waals surface area contributed by atoms with Gasteiger partial charge < -0.3 is 9.47 Å². The van der Waals surface area contributed by atoms with Gasteiger partial charge in [-0.05, 0) is 52.0 Å². The summed E-state index contributed by atoms with van der Waals surface area (Å²) >= 11 is 5.76. The second-order valence-electron chi connectivity index (χ2n) is 10.2. The predicted molar refractivity (Wildman–Crippen MR) is 155 cm³/mol. The summed E-state index contributed by atoms with van der Waals surface area (Å²) in [4.78, 5) is 7.57. The molecular weight excluding hydrogens is 706 g/mol. The largest absolute Gasteiger partial charge is 0.475 e. The number of nitrogens with zero attached hydrogens (tertiary/aromatic N) is 6. The van der Waals surface area contributed by atoms with Crippen molar-refractivity contribution in [1.29, 1.82) is 0 Å². The van der Waals surface area contributed by atoms with Gasteiger partial charge in [-0.2, -0.15) is 45.9 Å². The van der Waals surface area contributed by atoms with Crippen molar-refractivity contribution in [3.8, 4) is 23.4 Å². The maximum atomic E-state index is 13.0. The summed E-state index contributed by atoms with van der Waals surface area (Å²) in [5, 5.41) is 6.18. The van der Waals surface area contributed by atoms with Crippen LogP contribution in [-0.2, 0) is 32.0 Å². The molecule has 21 heteroatoms. The number of alkyl halides is 6. The highest BCUT2D eigenvalue weighted by Crippen LogP contribution is 2.40. The Bertz CT molecular complexity index is 1920. The number of ether oxygens (including phenoxy) is 2. The molecule has 0 unspecified atom stereocenters. The van der Waals surface area contributed by atoms with Gasteiger partial charge in [0.1, 0.15) is 5.02 Å². The molecule has 0 aliphatic heterocycles. The third-order valence-electron chi connectivity index (χ3n) is 5.46. The number of hydrogen-bond donors (Lipinski definition) is 0. The lowest BCUT2D eigenvalue weighted by Crippen LogP contribution is -2.11. The Balaban J connectivity index is 0.000000256. The summed E-state index contributed by atoms with van der Waals surface area (Å²) in [6, 6.07) is 5.70. The minimum Gasteiger partial charge on any atom is -0.475 e. The number of rotatable bonds is 8. The van der Waals surface area contributed by atoms with E-state index in [-0.39, 0.29) is 39.3 Å². The average molecular weight is 733 g/mol. The standard InChI is InChI=1S/C13H13ClF3N3O3S.C13H14F3N3O3S/c1-7(2)23-12-10(14)11(13(15,16)17)19-20(12)9-5-4-8(6-18-9)24(3,21)22;1-8(2)22-12-6-10(13(14,15)16)18-19(12)11-5-4-9(7-17-11)23(3,20)21/h4-7H,1-3H3;4-8H,1-3H3. The third kappa shape index (κ3) is 9.57. The molecule has 4 aromatic rings. The molecule has 0 spiro atoms. The second kappa shape index (κ2) is 13.7. The lowest BCUT2D eigenvalue weighted by Gasteiger charge is -2.11. The van der Waals surface area contributed by atoms with E-state index in [0.29, 0.717) is 0 Å². The van der Waals surface area contributed by atoms with Crippen molar-refractivity contribution in [1.82, 2.24) is 29.5 Å². The van der Waals surface area contributed by atoms with E-state index in [1.165, 1.54) is 24.3 Å². The van der Waals surface area contributed by atoms with Crippen LogP contribution >= 0.6 is 11.6 Å². The Morgan fingerprint density at radius 2 is 1.19 bits per heavy atom. The van der Waals surface area contributed by atoms with Gasteiger partial charge in [0.25, 0.3) is 0 Å². The van der Waals surface area contributed by atoms with Crippen LogP contribution in [-0.4, -0.2) is 71.1 Å². The van der Waals surface area contributed by atoms with Gasteiger partial charge in [0, 0.05) is 31.0 Å². The average Bonchev–Trinajstić information content (AvgIpc) is 3.49. The van der Waals surface area contributed by atoms with Gasteiger partial charge in [0.2, 0.25) is 11.8 Å². The molecular formula is C26H27ClF6N6O6S2. The highest BCUT2D eigenvalue weighted by atomic mass is 35.5. The predicted octanol–water partition coefficient (Wildman–Crippen LogP) is 5.61. The van der Waals surface area contributed by atoms with Crippen LogP contribution in [0.4, 0.5) is 26.3 Å². The molecule has 12 nitrogen and oxygen atoms in total. The maximum absolute atomic E-state index is 13.0. The molecule has 0 saturated carbocycles. The van der Waals surface area contributed by atoms with Crippen LogP contribution in [0.5, 0.6) is 11.8 Å². The molecule has 0 amide bonds. The Labute approximate surface area is 270 Å². The van der Waals surface area contributed by atoms with E-state index >= 15 is 0 Å². The van der Waals surface area contributed by atoms with Crippen molar-refractivity contribution in [2.24, 2.45) is 0 Å². The van der Waals surface area contributed by atoms with Gasteiger partial charge in [0.15, 0.2) is 42.7 Å². The summed E-state index contributed by atoms with van der Waals surface area (Å²) in [6.45, 7) is 6.54. The van der Waals surface area contributed by atoms with Gasteiger partial charge in [-0.1, -0.05) is 11.6 Å². The van der Waals surface area contributed by atoms with Crippen LogP contribution in [0.15, 0.2) is 52.5 Å². The number of pyridine rings is 2. The summed E-state index contributed by atoms with van der Waals surface area (Å²) < 4.78 is 135. The van der Waals surface area contributed by atoms with E-state index < -0.39 is 54.5 Å². The summed E-state index contributed by atoms with van der Waals surface area (Å²) in [7, 11) is -6.94. The first-order chi connectivity index (χ1) is 21.4. The smallest absolute Gasteiger partial charge is 0.436 e. The third-order valence-corrected chi connectivity index (χ3v) is 8.00. The maximum Gasteiger partial charge on any atom is 0.436 e. The van der Waals surface area contributed by atoms with Gasteiger partial charge in [0.05, 0.1) is 22.0 Å². The van der Waals surface area contributed by atoms with E-state index in [1.807, 2.05) is 0 Å². The van der Waals surface area contributed by atoms with Crippen molar-refractivity contribution < 1.29 is 52.7 Å².